The summed E-state index contributed by atoms with van der Waals surface area (Å²) < 4.78 is 29.8. The first-order valence-electron chi connectivity index (χ1n) is 9.51. The number of ether oxygens (including phenoxy) is 1. The van der Waals surface area contributed by atoms with Crippen molar-refractivity contribution in [3.63, 3.8) is 0 Å². The molecule has 1 fully saturated rings. The van der Waals surface area contributed by atoms with Crippen LogP contribution >= 0.6 is 0 Å². The monoisotopic (exact) mass is 444 g/mol. The summed E-state index contributed by atoms with van der Waals surface area (Å²) in [7, 11) is -3.55. The number of hydrogen-bond donors (Lipinski definition) is 2. The van der Waals surface area contributed by atoms with Gasteiger partial charge in [0, 0.05) is 29.9 Å². The molecule has 0 saturated carbocycles. The lowest BCUT2D eigenvalue weighted by atomic mass is 10.0. The highest BCUT2D eigenvalue weighted by Gasteiger charge is 2.37. The van der Waals surface area contributed by atoms with Gasteiger partial charge in [-0.2, -0.15) is 5.10 Å². The number of nitrogens with two attached hydrogens (primary N) is 1. The summed E-state index contributed by atoms with van der Waals surface area (Å²) in [6.07, 6.45) is 3.24. The minimum atomic E-state index is -3.55. The minimum absolute atomic E-state index is 0.164. The molecule has 9 nitrogen and oxygen atoms in total. The zero-order valence-corrected chi connectivity index (χ0v) is 18.1. The van der Waals surface area contributed by atoms with E-state index in [9.17, 15) is 18.4 Å². The number of hydroxylamine groups is 2. The molecule has 1 aliphatic rings. The second kappa shape index (κ2) is 8.69. The van der Waals surface area contributed by atoms with Crippen LogP contribution in [-0.4, -0.2) is 71.2 Å². The maximum Gasteiger partial charge on any atom is 0.233 e. The molecule has 1 amide bonds. The summed E-state index contributed by atoms with van der Waals surface area (Å²) in [6, 6.07) is 5.52. The summed E-state index contributed by atoms with van der Waals surface area (Å²) in [5, 5.41) is 15.1. The highest BCUT2D eigenvalue weighted by molar-refractivity contribution is 7.92. The Kier molecular flexibility index (Phi) is 6.39. The van der Waals surface area contributed by atoms with Crippen molar-refractivity contribution in [2.75, 3.05) is 26.0 Å². The number of aromatic nitrogens is 2. The zero-order valence-electron chi connectivity index (χ0n) is 17.3. The maximum atomic E-state index is 12.2. The largest absolute Gasteiger partial charge is 0.375 e. The van der Waals surface area contributed by atoms with Crippen molar-refractivity contribution in [3.8, 4) is 23.7 Å². The molecule has 10 heteroatoms. The van der Waals surface area contributed by atoms with Crippen molar-refractivity contribution in [1.29, 1.82) is 0 Å². The number of sulfone groups is 1. The van der Waals surface area contributed by atoms with Crippen molar-refractivity contribution < 1.29 is 23.2 Å². The normalized spacial score (nSPS) is 16.8. The molecular weight excluding hydrogens is 420 g/mol. The maximum absolute atomic E-state index is 12.2. The number of fused-ring (bicyclic) bond motifs is 1. The summed E-state index contributed by atoms with van der Waals surface area (Å²) in [4.78, 5) is 10.7. The third-order valence-corrected chi connectivity index (χ3v) is 7.36. The van der Waals surface area contributed by atoms with Crippen molar-refractivity contribution in [2.45, 2.75) is 30.2 Å². The van der Waals surface area contributed by atoms with Crippen LogP contribution in [0, 0.1) is 23.7 Å². The van der Waals surface area contributed by atoms with E-state index in [0.717, 1.165) is 22.7 Å². The Balaban J connectivity index is 1.73. The predicted octanol–water partition coefficient (Wildman–Crippen LogP) is 0.160. The third kappa shape index (κ3) is 5.43. The fourth-order valence-electron chi connectivity index (χ4n) is 3.04. The van der Waals surface area contributed by atoms with E-state index in [-0.39, 0.29) is 25.9 Å². The lowest BCUT2D eigenvalue weighted by molar-refractivity contribution is -0.151. The van der Waals surface area contributed by atoms with E-state index in [0.29, 0.717) is 18.3 Å². The van der Waals surface area contributed by atoms with Gasteiger partial charge >= 0.3 is 0 Å². The molecule has 3 N–H and O–H groups in total. The topological polar surface area (TPSA) is 128 Å². The van der Waals surface area contributed by atoms with E-state index < -0.39 is 20.1 Å². The van der Waals surface area contributed by atoms with Gasteiger partial charge in [-0.15, -0.1) is 0 Å². The number of benzene rings is 1. The second-order valence-electron chi connectivity index (χ2n) is 7.99. The van der Waals surface area contributed by atoms with Crippen molar-refractivity contribution >= 4 is 27.2 Å². The molecule has 164 valence electrons. The van der Waals surface area contributed by atoms with Gasteiger partial charge in [0.2, 0.25) is 6.41 Å². The molecule has 3 rings (SSSR count). The highest BCUT2D eigenvalue weighted by Crippen LogP contribution is 2.23. The first kappa shape index (κ1) is 22.8. The molecule has 0 bridgehead atoms. The molecule has 1 aliphatic heterocycles. The lowest BCUT2D eigenvalue weighted by Gasteiger charge is -2.32. The smallest absolute Gasteiger partial charge is 0.233 e. The Hall–Kier alpha value is -2.89. The SMILES string of the molecule is C[C@@](CCn1cc2cc(C#CC#CC3(N)COC3)ccc2n1)(CN(O)C=O)S(C)(=O)=O. The number of rotatable bonds is 7. The Morgan fingerprint density at radius 1 is 1.42 bits per heavy atom. The van der Waals surface area contributed by atoms with Gasteiger partial charge in [0.1, 0.15) is 5.54 Å². The van der Waals surface area contributed by atoms with E-state index >= 15 is 0 Å². The fraction of sp³-hybridized carbons (Fsp3) is 0.429. The molecule has 0 aliphatic carbocycles. The summed E-state index contributed by atoms with van der Waals surface area (Å²) in [5.41, 5.74) is 6.83. The lowest BCUT2D eigenvalue weighted by Crippen LogP contribution is -2.56. The average molecular weight is 445 g/mol. The van der Waals surface area contributed by atoms with Gasteiger partial charge in [-0.05, 0) is 43.4 Å². The van der Waals surface area contributed by atoms with Crippen molar-refractivity contribution in [1.82, 2.24) is 14.8 Å². The highest BCUT2D eigenvalue weighted by atomic mass is 32.2. The first-order chi connectivity index (χ1) is 14.5. The molecule has 2 aromatic rings. The Morgan fingerprint density at radius 3 is 2.77 bits per heavy atom. The van der Waals surface area contributed by atoms with E-state index in [1.165, 1.54) is 6.92 Å². The quantitative estimate of drug-likeness (QED) is 0.269. The number of carbonyl (C=O) groups excluding carboxylic acids is 1. The number of nitrogens with zero attached hydrogens (tertiary/aromatic N) is 3. The molecule has 1 aromatic carbocycles. The summed E-state index contributed by atoms with van der Waals surface area (Å²) >= 11 is 0. The van der Waals surface area contributed by atoms with Crippen LogP contribution < -0.4 is 5.73 Å². The van der Waals surface area contributed by atoms with Gasteiger partial charge < -0.3 is 10.5 Å². The van der Waals surface area contributed by atoms with Crippen LogP contribution in [0.3, 0.4) is 0 Å². The fourth-order valence-corrected chi connectivity index (χ4v) is 3.86. The van der Waals surface area contributed by atoms with Crippen LogP contribution in [-0.2, 0) is 25.9 Å². The molecule has 31 heavy (non-hydrogen) atoms. The molecule has 0 radical (unpaired) electrons. The molecule has 1 atom stereocenters. The van der Waals surface area contributed by atoms with E-state index in [1.807, 2.05) is 18.2 Å². The number of hydrogen-bond acceptors (Lipinski definition) is 7. The van der Waals surface area contributed by atoms with E-state index in [1.54, 1.807) is 10.9 Å². The van der Waals surface area contributed by atoms with Gasteiger partial charge in [0.15, 0.2) is 9.84 Å². The van der Waals surface area contributed by atoms with Gasteiger partial charge in [-0.3, -0.25) is 14.7 Å². The van der Waals surface area contributed by atoms with Gasteiger partial charge in [0.25, 0.3) is 0 Å². The van der Waals surface area contributed by atoms with Crippen LogP contribution in [0.2, 0.25) is 0 Å². The van der Waals surface area contributed by atoms with Gasteiger partial charge in [0.05, 0.1) is 30.0 Å². The van der Waals surface area contributed by atoms with E-state index in [2.05, 4.69) is 28.8 Å². The number of aryl methyl sites for hydroxylation is 1. The predicted molar refractivity (Wildman–Crippen MR) is 115 cm³/mol. The van der Waals surface area contributed by atoms with Crippen LogP contribution in [0.5, 0.6) is 0 Å². The summed E-state index contributed by atoms with van der Waals surface area (Å²) in [6.45, 7) is 2.28. The van der Waals surface area contributed by atoms with E-state index in [4.69, 9.17) is 10.5 Å². The van der Waals surface area contributed by atoms with Crippen LogP contribution in [0.15, 0.2) is 24.4 Å². The molecule has 2 heterocycles. The van der Waals surface area contributed by atoms with Crippen LogP contribution in [0.4, 0.5) is 0 Å². The number of amides is 1. The standard InChI is InChI=1S/C21H24N4O5S/c1-20(31(2,28)29,13-25(27)16-26)9-10-24-12-18-11-17(6-7-19(18)23-24)5-3-4-8-21(22)14-30-15-21/h6-7,11-12,16,27H,9-10,13-15,22H2,1-2H3/t20-/m1/s1. The Labute approximate surface area is 181 Å². The second-order valence-corrected chi connectivity index (χ2v) is 10.5. The average Bonchev–Trinajstić information content (AvgIpc) is 3.09. The van der Waals surface area contributed by atoms with Crippen molar-refractivity contribution in [2.24, 2.45) is 5.73 Å². The Bertz CT molecular complexity index is 1210. The molecule has 0 spiro atoms. The van der Waals surface area contributed by atoms with Gasteiger partial charge in [-0.1, -0.05) is 11.8 Å². The van der Waals surface area contributed by atoms with Crippen LogP contribution in [0.1, 0.15) is 18.9 Å². The van der Waals surface area contributed by atoms with Crippen molar-refractivity contribution in [3.05, 3.63) is 30.0 Å². The number of carbonyl (C=O) groups is 1. The molecule has 1 saturated heterocycles. The zero-order chi connectivity index (χ0) is 22.7. The third-order valence-electron chi connectivity index (χ3n) is 5.23. The van der Waals surface area contributed by atoms with Crippen LogP contribution in [0.25, 0.3) is 10.9 Å². The van der Waals surface area contributed by atoms with Gasteiger partial charge in [-0.25, -0.2) is 13.5 Å². The first-order valence-corrected chi connectivity index (χ1v) is 11.4. The Morgan fingerprint density at radius 2 is 2.16 bits per heavy atom. The summed E-state index contributed by atoms with van der Waals surface area (Å²) in [5.74, 6) is 11.4. The minimum Gasteiger partial charge on any atom is -0.375 e. The molecule has 0 unspecified atom stereocenters. The molecular formula is C21H24N4O5S. The molecule has 1 aromatic heterocycles.